The van der Waals surface area contributed by atoms with Crippen molar-refractivity contribution in [2.45, 2.75) is 6.10 Å². The molecule has 2 aromatic rings. The Morgan fingerprint density at radius 3 is 3.05 bits per heavy atom. The normalized spacial score (nSPS) is 22.8. The molecule has 1 aliphatic heterocycles. The van der Waals surface area contributed by atoms with E-state index in [-0.39, 0.29) is 17.9 Å². The van der Waals surface area contributed by atoms with Gasteiger partial charge in [-0.15, -0.1) is 0 Å². The zero-order valence-corrected chi connectivity index (χ0v) is 10.4. The monoisotopic (exact) mass is 260 g/mol. The van der Waals surface area contributed by atoms with Crippen LogP contribution in [0.25, 0.3) is 11.0 Å². The predicted octanol–water partition coefficient (Wildman–Crippen LogP) is 0.743. The summed E-state index contributed by atoms with van der Waals surface area (Å²) in [5, 5.41) is 16.4. The number of amides is 1. The van der Waals surface area contributed by atoms with Gasteiger partial charge in [-0.25, -0.2) is 0 Å². The molecule has 0 aliphatic carbocycles. The molecule has 2 unspecified atom stereocenters. The smallest absolute Gasteiger partial charge is 0.255 e. The van der Waals surface area contributed by atoms with Crippen LogP contribution in [0.5, 0.6) is 0 Å². The summed E-state index contributed by atoms with van der Waals surface area (Å²) in [4.78, 5) is 12.1. The van der Waals surface area contributed by atoms with Crippen LogP contribution < -0.4 is 10.6 Å². The first-order valence-corrected chi connectivity index (χ1v) is 6.39. The molecular weight excluding hydrogens is 244 g/mol. The van der Waals surface area contributed by atoms with E-state index in [4.69, 9.17) is 4.42 Å². The molecule has 5 heteroatoms. The molecule has 2 heterocycles. The number of carbonyl (C=O) groups excluding carboxylic acids is 1. The summed E-state index contributed by atoms with van der Waals surface area (Å²) in [6.07, 6.45) is 1.09. The fraction of sp³-hybridized carbons (Fsp3) is 0.357. The van der Waals surface area contributed by atoms with Crippen molar-refractivity contribution in [1.29, 1.82) is 0 Å². The molecule has 0 bridgehead atoms. The molecule has 0 spiro atoms. The van der Waals surface area contributed by atoms with Crippen molar-refractivity contribution in [3.8, 4) is 0 Å². The van der Waals surface area contributed by atoms with E-state index >= 15 is 0 Å². The Hall–Kier alpha value is -1.85. The molecule has 2 atom stereocenters. The number of furan rings is 1. The highest BCUT2D eigenvalue weighted by atomic mass is 16.3. The van der Waals surface area contributed by atoms with E-state index in [9.17, 15) is 9.90 Å². The fourth-order valence-electron chi connectivity index (χ4n) is 2.40. The Labute approximate surface area is 110 Å². The first-order valence-electron chi connectivity index (χ1n) is 6.39. The van der Waals surface area contributed by atoms with Gasteiger partial charge in [-0.1, -0.05) is 18.2 Å². The predicted molar refractivity (Wildman–Crippen MR) is 70.9 cm³/mol. The van der Waals surface area contributed by atoms with E-state index in [0.717, 1.165) is 11.9 Å². The molecule has 0 saturated carbocycles. The van der Waals surface area contributed by atoms with Crippen molar-refractivity contribution in [3.05, 3.63) is 36.1 Å². The lowest BCUT2D eigenvalue weighted by Crippen LogP contribution is -2.34. The number of rotatable bonds is 3. The van der Waals surface area contributed by atoms with E-state index < -0.39 is 0 Å². The van der Waals surface area contributed by atoms with E-state index in [1.807, 2.05) is 24.3 Å². The number of β-amino-alcohol motifs (C(OH)–C–C–N with tert-alkyl or cyclic N) is 1. The van der Waals surface area contributed by atoms with Crippen LogP contribution in [0, 0.1) is 5.92 Å². The number of hydrogen-bond donors (Lipinski definition) is 3. The minimum absolute atomic E-state index is 0.0714. The summed E-state index contributed by atoms with van der Waals surface area (Å²) in [6, 6.07) is 7.43. The van der Waals surface area contributed by atoms with Gasteiger partial charge in [0.25, 0.3) is 5.91 Å². The molecule has 1 fully saturated rings. The molecule has 1 aromatic heterocycles. The average Bonchev–Trinajstić information content (AvgIpc) is 3.02. The molecule has 1 saturated heterocycles. The number of hydrogen-bond acceptors (Lipinski definition) is 4. The van der Waals surface area contributed by atoms with Crippen LogP contribution in [0.1, 0.15) is 10.4 Å². The average molecular weight is 260 g/mol. The topological polar surface area (TPSA) is 74.5 Å². The molecular formula is C14H16N2O3. The quantitative estimate of drug-likeness (QED) is 0.761. The van der Waals surface area contributed by atoms with Crippen LogP contribution in [0.15, 0.2) is 34.9 Å². The molecule has 100 valence electrons. The SMILES string of the molecule is O=C(NCC1CNCC1O)c1coc2ccccc12. The Bertz CT molecular complexity index is 593. The fourth-order valence-corrected chi connectivity index (χ4v) is 2.40. The zero-order chi connectivity index (χ0) is 13.2. The number of aliphatic hydroxyl groups is 1. The van der Waals surface area contributed by atoms with Gasteiger partial charge in [-0.3, -0.25) is 4.79 Å². The summed E-state index contributed by atoms with van der Waals surface area (Å²) >= 11 is 0. The third kappa shape index (κ3) is 2.34. The lowest BCUT2D eigenvalue weighted by Gasteiger charge is -2.13. The van der Waals surface area contributed by atoms with Crippen molar-refractivity contribution in [2.75, 3.05) is 19.6 Å². The highest BCUT2D eigenvalue weighted by Crippen LogP contribution is 2.20. The highest BCUT2D eigenvalue weighted by Gasteiger charge is 2.25. The lowest BCUT2D eigenvalue weighted by molar-refractivity contribution is 0.0928. The molecule has 1 amide bonds. The maximum absolute atomic E-state index is 12.1. The minimum Gasteiger partial charge on any atom is -0.463 e. The van der Waals surface area contributed by atoms with Crippen LogP contribution in [-0.2, 0) is 0 Å². The van der Waals surface area contributed by atoms with Crippen LogP contribution in [0.3, 0.4) is 0 Å². The number of nitrogens with one attached hydrogen (secondary N) is 2. The van der Waals surface area contributed by atoms with Crippen molar-refractivity contribution < 1.29 is 14.3 Å². The van der Waals surface area contributed by atoms with Gasteiger partial charge in [-0.05, 0) is 6.07 Å². The van der Waals surface area contributed by atoms with Gasteiger partial charge < -0.3 is 20.2 Å². The van der Waals surface area contributed by atoms with Gasteiger partial charge in [0.2, 0.25) is 0 Å². The lowest BCUT2D eigenvalue weighted by atomic mass is 10.1. The molecule has 5 nitrogen and oxygen atoms in total. The van der Waals surface area contributed by atoms with Gasteiger partial charge in [0.05, 0.1) is 11.7 Å². The highest BCUT2D eigenvalue weighted by molar-refractivity contribution is 6.05. The second-order valence-corrected chi connectivity index (χ2v) is 4.84. The third-order valence-electron chi connectivity index (χ3n) is 3.55. The Kier molecular flexibility index (Phi) is 3.23. The largest absolute Gasteiger partial charge is 0.463 e. The maximum atomic E-state index is 12.1. The van der Waals surface area contributed by atoms with E-state index in [0.29, 0.717) is 24.2 Å². The Morgan fingerprint density at radius 2 is 2.26 bits per heavy atom. The maximum Gasteiger partial charge on any atom is 0.255 e. The summed E-state index contributed by atoms with van der Waals surface area (Å²) in [7, 11) is 0. The molecule has 1 aliphatic rings. The van der Waals surface area contributed by atoms with Crippen LogP contribution in [0.2, 0.25) is 0 Å². The Balaban J connectivity index is 1.70. The second kappa shape index (κ2) is 5.03. The van der Waals surface area contributed by atoms with E-state index in [2.05, 4.69) is 10.6 Å². The van der Waals surface area contributed by atoms with Gasteiger partial charge >= 0.3 is 0 Å². The first kappa shape index (κ1) is 12.2. The van der Waals surface area contributed by atoms with Crippen LogP contribution in [0.4, 0.5) is 0 Å². The number of carbonyl (C=O) groups is 1. The molecule has 3 rings (SSSR count). The minimum atomic E-state index is -0.388. The molecule has 0 radical (unpaired) electrons. The molecule has 19 heavy (non-hydrogen) atoms. The number of aliphatic hydroxyl groups excluding tert-OH is 1. The summed E-state index contributed by atoms with van der Waals surface area (Å²) < 4.78 is 5.34. The van der Waals surface area contributed by atoms with Crippen molar-refractivity contribution in [1.82, 2.24) is 10.6 Å². The number of benzene rings is 1. The number of para-hydroxylation sites is 1. The van der Waals surface area contributed by atoms with E-state index in [1.165, 1.54) is 6.26 Å². The second-order valence-electron chi connectivity index (χ2n) is 4.84. The summed E-state index contributed by atoms with van der Waals surface area (Å²) in [5.41, 5.74) is 1.24. The molecule has 3 N–H and O–H groups in total. The van der Waals surface area contributed by atoms with Crippen molar-refractivity contribution in [3.63, 3.8) is 0 Å². The first-order chi connectivity index (χ1) is 9.25. The molecule has 1 aromatic carbocycles. The Morgan fingerprint density at radius 1 is 1.42 bits per heavy atom. The number of fused-ring (bicyclic) bond motifs is 1. The summed E-state index contributed by atoms with van der Waals surface area (Å²) in [6.45, 7) is 1.79. The van der Waals surface area contributed by atoms with E-state index in [1.54, 1.807) is 0 Å². The van der Waals surface area contributed by atoms with Crippen LogP contribution >= 0.6 is 0 Å². The van der Waals surface area contributed by atoms with Gasteiger partial charge in [0, 0.05) is 30.9 Å². The van der Waals surface area contributed by atoms with Gasteiger partial charge in [0.1, 0.15) is 11.8 Å². The van der Waals surface area contributed by atoms with Gasteiger partial charge in [0.15, 0.2) is 0 Å². The standard InChI is InChI=1S/C14H16N2O3/c17-12-7-15-5-9(12)6-16-14(18)11-8-19-13-4-2-1-3-10(11)13/h1-4,8-9,12,15,17H,5-7H2,(H,16,18). The van der Waals surface area contributed by atoms with Gasteiger partial charge in [-0.2, -0.15) is 0 Å². The van der Waals surface area contributed by atoms with Crippen molar-refractivity contribution in [2.24, 2.45) is 5.92 Å². The zero-order valence-electron chi connectivity index (χ0n) is 10.4. The van der Waals surface area contributed by atoms with Crippen molar-refractivity contribution >= 4 is 16.9 Å². The van der Waals surface area contributed by atoms with Crippen LogP contribution in [-0.4, -0.2) is 36.8 Å². The third-order valence-corrected chi connectivity index (χ3v) is 3.55. The summed E-state index contributed by atoms with van der Waals surface area (Å²) in [5.74, 6) is -0.0915.